The molecule has 0 fully saturated rings. The number of hydrazine groups is 1. The van der Waals surface area contributed by atoms with E-state index in [1.54, 1.807) is 0 Å². The zero-order valence-corrected chi connectivity index (χ0v) is 9.33. The number of allylic oxidation sites excluding steroid dienone is 2. The lowest BCUT2D eigenvalue weighted by Gasteiger charge is -2.19. The minimum atomic E-state index is -2.72. The SMILES string of the molecule is CCN1C=CC=CN1.N#C[B-](C#N)(C#N)C#N. The molecule has 1 aliphatic heterocycles. The summed E-state index contributed by atoms with van der Waals surface area (Å²) in [7, 11) is 0. The molecule has 0 amide bonds. The van der Waals surface area contributed by atoms with Gasteiger partial charge in [-0.1, -0.05) is 0 Å². The van der Waals surface area contributed by atoms with Gasteiger partial charge in [0.25, 0.3) is 0 Å². The van der Waals surface area contributed by atoms with E-state index in [0.29, 0.717) is 0 Å². The summed E-state index contributed by atoms with van der Waals surface area (Å²) in [6.45, 7) is 3.09. The first kappa shape index (κ1) is 14.1. The normalized spacial score (nSPS) is 11.7. The molecule has 0 spiro atoms. The number of nitrogens with zero attached hydrogens (tertiary/aromatic N) is 5. The fourth-order valence-electron chi connectivity index (χ4n) is 0.761. The monoisotopic (exact) mass is 225 g/mol. The lowest BCUT2D eigenvalue weighted by molar-refractivity contribution is 0.329. The predicted octanol–water partition coefficient (Wildman–Crippen LogP) is 0.540. The topological polar surface area (TPSA) is 110 Å². The lowest BCUT2D eigenvalue weighted by Crippen LogP contribution is -2.29. The summed E-state index contributed by atoms with van der Waals surface area (Å²) in [6.07, 6.45) is 5.15. The van der Waals surface area contributed by atoms with Crippen molar-refractivity contribution in [2.45, 2.75) is 6.92 Å². The quantitative estimate of drug-likeness (QED) is 0.652. The molecular formula is C10H10BN6-. The van der Waals surface area contributed by atoms with Crippen LogP contribution in [0.15, 0.2) is 24.6 Å². The summed E-state index contributed by atoms with van der Waals surface area (Å²) >= 11 is 0. The maximum Gasteiger partial charge on any atom is 0.383 e. The highest BCUT2D eigenvalue weighted by molar-refractivity contribution is 7.05. The van der Waals surface area contributed by atoms with Gasteiger partial charge in [-0.15, -0.1) is 23.9 Å². The van der Waals surface area contributed by atoms with Gasteiger partial charge in [-0.3, -0.25) is 5.01 Å². The van der Waals surface area contributed by atoms with Crippen LogP contribution in [0.2, 0.25) is 0 Å². The van der Waals surface area contributed by atoms with Crippen LogP contribution in [0.3, 0.4) is 0 Å². The summed E-state index contributed by atoms with van der Waals surface area (Å²) in [6, 6.07) is 0. The Bertz CT molecular complexity index is 405. The minimum Gasteiger partial charge on any atom is -0.306 e. The van der Waals surface area contributed by atoms with Gasteiger partial charge in [0.05, 0.1) is 0 Å². The molecule has 1 rings (SSSR count). The molecule has 1 aliphatic rings. The molecule has 0 aliphatic carbocycles. The largest absolute Gasteiger partial charge is 0.383 e. The van der Waals surface area contributed by atoms with E-state index in [1.165, 1.54) is 23.9 Å². The molecule has 0 saturated carbocycles. The fourth-order valence-corrected chi connectivity index (χ4v) is 0.761. The van der Waals surface area contributed by atoms with Crippen LogP contribution in [0.5, 0.6) is 0 Å². The molecule has 0 aromatic rings. The third-order valence-electron chi connectivity index (χ3n) is 1.83. The van der Waals surface area contributed by atoms with E-state index < -0.39 is 6.15 Å². The maximum atomic E-state index is 8.09. The Hall–Kier alpha value is -2.90. The lowest BCUT2D eigenvalue weighted by atomic mass is 9.30. The number of rotatable bonds is 1. The van der Waals surface area contributed by atoms with Crippen LogP contribution in [0, 0.1) is 44.9 Å². The Kier molecular flexibility index (Phi) is 6.14. The van der Waals surface area contributed by atoms with Crippen molar-refractivity contribution in [3.05, 3.63) is 24.6 Å². The zero-order valence-electron chi connectivity index (χ0n) is 9.33. The molecular weight excluding hydrogens is 215 g/mol. The van der Waals surface area contributed by atoms with Crippen molar-refractivity contribution in [2.75, 3.05) is 6.54 Å². The Morgan fingerprint density at radius 2 is 1.59 bits per heavy atom. The summed E-state index contributed by atoms with van der Waals surface area (Å²) in [5, 5.41) is 34.3. The van der Waals surface area contributed by atoms with Crippen LogP contribution in [0.25, 0.3) is 0 Å². The Labute approximate surface area is 100 Å². The highest BCUT2D eigenvalue weighted by atomic mass is 15.5. The summed E-state index contributed by atoms with van der Waals surface area (Å²) < 4.78 is 0. The summed E-state index contributed by atoms with van der Waals surface area (Å²) in [5.41, 5.74) is 3.03. The first-order valence-electron chi connectivity index (χ1n) is 4.84. The second-order valence-corrected chi connectivity index (χ2v) is 3.00. The van der Waals surface area contributed by atoms with Gasteiger partial charge in [0.1, 0.15) is 0 Å². The molecule has 0 bridgehead atoms. The Balaban J connectivity index is 0.000000302. The molecule has 84 valence electrons. The molecule has 6 nitrogen and oxygen atoms in total. The highest BCUT2D eigenvalue weighted by Gasteiger charge is 2.22. The van der Waals surface area contributed by atoms with Crippen molar-refractivity contribution in [2.24, 2.45) is 0 Å². The molecule has 0 aromatic heterocycles. The van der Waals surface area contributed by atoms with Crippen LogP contribution in [-0.4, -0.2) is 17.7 Å². The van der Waals surface area contributed by atoms with E-state index in [9.17, 15) is 0 Å². The second-order valence-electron chi connectivity index (χ2n) is 3.00. The number of nitrogens with one attached hydrogen (secondary N) is 1. The van der Waals surface area contributed by atoms with Gasteiger partial charge >= 0.3 is 6.15 Å². The maximum absolute atomic E-state index is 8.09. The van der Waals surface area contributed by atoms with Gasteiger partial charge in [0.2, 0.25) is 0 Å². The first-order chi connectivity index (χ1) is 8.17. The van der Waals surface area contributed by atoms with Gasteiger partial charge in [-0.05, 0) is 19.1 Å². The minimum absolute atomic E-state index is 1.00. The molecule has 1 heterocycles. The van der Waals surface area contributed by atoms with Crippen molar-refractivity contribution in [3.8, 4) is 23.9 Å². The standard InChI is InChI=1S/C6H10N2.C4BN4/c1-2-8-6-4-3-5-7-8;6-1-5(2-7,3-8)4-9/h3-7H,2H2,1H3;/q;-1. The van der Waals surface area contributed by atoms with E-state index in [-0.39, 0.29) is 0 Å². The van der Waals surface area contributed by atoms with Crippen LogP contribution in [0.1, 0.15) is 6.92 Å². The molecule has 0 unspecified atom stereocenters. The van der Waals surface area contributed by atoms with Gasteiger partial charge in [-0.2, -0.15) is 0 Å². The molecule has 0 atom stereocenters. The van der Waals surface area contributed by atoms with Crippen molar-refractivity contribution >= 4 is 6.15 Å². The van der Waals surface area contributed by atoms with Crippen LogP contribution in [-0.2, 0) is 0 Å². The van der Waals surface area contributed by atoms with Crippen molar-refractivity contribution in [1.82, 2.24) is 10.4 Å². The number of nitriles is 4. The number of hydrogen-bond donors (Lipinski definition) is 1. The third-order valence-corrected chi connectivity index (χ3v) is 1.83. The summed E-state index contributed by atoms with van der Waals surface area (Å²) in [5.74, 6) is 5.38. The second kappa shape index (κ2) is 7.40. The van der Waals surface area contributed by atoms with E-state index in [1.807, 2.05) is 29.6 Å². The van der Waals surface area contributed by atoms with Gasteiger partial charge in [0.15, 0.2) is 0 Å². The highest BCUT2D eigenvalue weighted by Crippen LogP contribution is 1.92. The molecule has 0 radical (unpaired) electrons. The van der Waals surface area contributed by atoms with Crippen molar-refractivity contribution in [1.29, 1.82) is 21.0 Å². The van der Waals surface area contributed by atoms with Gasteiger partial charge < -0.3 is 5.43 Å². The first-order valence-corrected chi connectivity index (χ1v) is 4.84. The van der Waals surface area contributed by atoms with Crippen LogP contribution < -0.4 is 5.43 Å². The number of hydrogen-bond acceptors (Lipinski definition) is 6. The Morgan fingerprint density at radius 1 is 1.06 bits per heavy atom. The van der Waals surface area contributed by atoms with Crippen molar-refractivity contribution in [3.63, 3.8) is 0 Å². The van der Waals surface area contributed by atoms with Crippen LogP contribution >= 0.6 is 0 Å². The summed E-state index contributed by atoms with van der Waals surface area (Å²) in [4.78, 5) is 0. The van der Waals surface area contributed by atoms with E-state index in [4.69, 9.17) is 21.0 Å². The molecule has 7 heteroatoms. The zero-order chi connectivity index (χ0) is 13.1. The molecule has 0 aromatic carbocycles. The van der Waals surface area contributed by atoms with E-state index in [0.717, 1.165) is 6.54 Å². The predicted molar refractivity (Wildman–Crippen MR) is 62.0 cm³/mol. The molecule has 17 heavy (non-hydrogen) atoms. The fraction of sp³-hybridized carbons (Fsp3) is 0.200. The third kappa shape index (κ3) is 4.43. The molecule has 0 saturated heterocycles. The average molecular weight is 225 g/mol. The smallest absolute Gasteiger partial charge is 0.306 e. The van der Waals surface area contributed by atoms with Crippen molar-refractivity contribution < 1.29 is 0 Å². The Morgan fingerprint density at radius 3 is 1.76 bits per heavy atom. The van der Waals surface area contributed by atoms with Gasteiger partial charge in [0, 0.05) is 18.9 Å². The molecule has 1 N–H and O–H groups in total. The van der Waals surface area contributed by atoms with Gasteiger partial charge in [-0.25, -0.2) is 21.0 Å². The van der Waals surface area contributed by atoms with E-state index >= 15 is 0 Å². The van der Waals surface area contributed by atoms with Crippen LogP contribution in [0.4, 0.5) is 0 Å². The average Bonchev–Trinajstić information content (AvgIpc) is 2.44. The van der Waals surface area contributed by atoms with E-state index in [2.05, 4.69) is 12.3 Å².